The van der Waals surface area contributed by atoms with E-state index in [2.05, 4.69) is 46.1 Å². The molecular weight excluding hydrogens is 382 g/mol. The van der Waals surface area contributed by atoms with E-state index in [0.29, 0.717) is 18.1 Å². The highest BCUT2D eigenvalue weighted by molar-refractivity contribution is 9.10. The number of amides is 1. The second kappa shape index (κ2) is 8.52. The predicted octanol–water partition coefficient (Wildman–Crippen LogP) is 2.28. The topological polar surface area (TPSA) is 44.8 Å². The number of carbonyl (C=O) groups excluding carboxylic acids is 1. The molecule has 1 aromatic rings. The number of halogens is 1. The highest BCUT2D eigenvalue weighted by Crippen LogP contribution is 2.27. The van der Waals surface area contributed by atoms with Crippen molar-refractivity contribution in [1.29, 1.82) is 0 Å². The summed E-state index contributed by atoms with van der Waals surface area (Å²) in [4.78, 5) is 15.5. The third-order valence-corrected chi connectivity index (χ3v) is 5.78. The van der Waals surface area contributed by atoms with Gasteiger partial charge in [0, 0.05) is 35.7 Å². The van der Waals surface area contributed by atoms with Crippen molar-refractivity contribution < 1.29 is 9.53 Å². The summed E-state index contributed by atoms with van der Waals surface area (Å²) in [6, 6.07) is 7.34. The summed E-state index contributed by atoms with van der Waals surface area (Å²) in [6.07, 6.45) is 3.11. The highest BCUT2D eigenvalue weighted by Gasteiger charge is 2.27. The van der Waals surface area contributed by atoms with Crippen LogP contribution in [0, 0.1) is 0 Å². The van der Waals surface area contributed by atoms with E-state index in [0.717, 1.165) is 62.3 Å². The molecule has 25 heavy (non-hydrogen) atoms. The van der Waals surface area contributed by atoms with Gasteiger partial charge in [-0.3, -0.25) is 9.69 Å². The molecule has 1 N–H and O–H groups in total. The maximum Gasteiger partial charge on any atom is 0.210 e. The van der Waals surface area contributed by atoms with Gasteiger partial charge in [-0.1, -0.05) is 15.9 Å². The summed E-state index contributed by atoms with van der Waals surface area (Å²) < 4.78 is 6.97. The number of carbonyl (C=O) groups is 1. The minimum absolute atomic E-state index is 0.309. The van der Waals surface area contributed by atoms with Crippen LogP contribution < -0.4 is 10.1 Å². The molecule has 1 amide bonds. The van der Waals surface area contributed by atoms with Gasteiger partial charge in [0.15, 0.2) is 0 Å². The van der Waals surface area contributed by atoms with Crippen molar-refractivity contribution in [2.75, 3.05) is 32.8 Å². The number of nitrogens with zero attached hydrogens (tertiary/aromatic N) is 2. The summed E-state index contributed by atoms with van der Waals surface area (Å²) in [6.45, 7) is 8.93. The van der Waals surface area contributed by atoms with E-state index in [4.69, 9.17) is 4.74 Å². The average molecular weight is 410 g/mol. The van der Waals surface area contributed by atoms with Gasteiger partial charge in [-0.2, -0.15) is 0 Å². The van der Waals surface area contributed by atoms with Crippen LogP contribution in [0.5, 0.6) is 5.75 Å². The summed E-state index contributed by atoms with van der Waals surface area (Å²) in [5, 5.41) is 3.63. The highest BCUT2D eigenvalue weighted by atomic mass is 79.9. The molecule has 5 nitrogen and oxygen atoms in total. The Labute approximate surface area is 158 Å². The molecule has 2 aliphatic heterocycles. The lowest BCUT2D eigenvalue weighted by atomic mass is 10.0. The molecule has 3 rings (SSSR count). The van der Waals surface area contributed by atoms with E-state index in [1.54, 1.807) is 0 Å². The Bertz CT molecular complexity index is 598. The average Bonchev–Trinajstić information content (AvgIpc) is 2.60. The lowest BCUT2D eigenvalue weighted by Crippen LogP contribution is -2.56. The first-order chi connectivity index (χ1) is 12.1. The first-order valence-corrected chi connectivity index (χ1v) is 9.96. The molecule has 1 unspecified atom stereocenters. The smallest absolute Gasteiger partial charge is 0.210 e. The van der Waals surface area contributed by atoms with E-state index in [1.807, 2.05) is 17.0 Å². The molecule has 2 aliphatic rings. The van der Waals surface area contributed by atoms with E-state index in [-0.39, 0.29) is 0 Å². The number of hydrogen-bond acceptors (Lipinski definition) is 4. The Kier molecular flexibility index (Phi) is 6.36. The molecule has 0 saturated carbocycles. The lowest BCUT2D eigenvalue weighted by molar-refractivity contribution is -0.123. The van der Waals surface area contributed by atoms with Crippen molar-refractivity contribution in [3.05, 3.63) is 28.2 Å². The molecule has 2 heterocycles. The van der Waals surface area contributed by atoms with Gasteiger partial charge in [0.25, 0.3) is 0 Å². The molecule has 1 aromatic carbocycles. The van der Waals surface area contributed by atoms with Crippen LogP contribution in [-0.4, -0.2) is 67.1 Å². The Hall–Kier alpha value is -1.11. The minimum Gasteiger partial charge on any atom is -0.492 e. The normalized spacial score (nSPS) is 26.8. The van der Waals surface area contributed by atoms with Crippen molar-refractivity contribution >= 4 is 22.3 Å². The molecule has 3 atom stereocenters. The molecule has 0 spiro atoms. The van der Waals surface area contributed by atoms with E-state index < -0.39 is 0 Å². The van der Waals surface area contributed by atoms with E-state index in [1.165, 1.54) is 5.56 Å². The lowest BCUT2D eigenvalue weighted by Gasteiger charge is -2.42. The Balaban J connectivity index is 1.40. The number of hydrogen-bond donors (Lipinski definition) is 1. The van der Waals surface area contributed by atoms with Crippen molar-refractivity contribution in [2.24, 2.45) is 0 Å². The monoisotopic (exact) mass is 409 g/mol. The number of benzene rings is 1. The van der Waals surface area contributed by atoms with Crippen LogP contribution in [0.1, 0.15) is 25.8 Å². The molecule has 0 aromatic heterocycles. The molecule has 138 valence electrons. The van der Waals surface area contributed by atoms with Gasteiger partial charge >= 0.3 is 0 Å². The summed E-state index contributed by atoms with van der Waals surface area (Å²) in [7, 11) is 0. The SMILES string of the molecule is C[C@@H]1CN(C=O)[C@@H](C)CN1CCCNC1COc2ccc(Br)cc2C1. The third-order valence-electron chi connectivity index (χ3n) is 5.28. The zero-order chi connectivity index (χ0) is 17.8. The quantitative estimate of drug-likeness (QED) is 0.578. The molecule has 0 radical (unpaired) electrons. The van der Waals surface area contributed by atoms with Crippen LogP contribution in [-0.2, 0) is 11.2 Å². The van der Waals surface area contributed by atoms with Crippen LogP contribution >= 0.6 is 15.9 Å². The number of rotatable bonds is 6. The number of piperazine rings is 1. The number of fused-ring (bicyclic) bond motifs is 1. The van der Waals surface area contributed by atoms with Gasteiger partial charge in [-0.05, 0) is 63.5 Å². The molecule has 1 fully saturated rings. The first kappa shape index (κ1) is 18.7. The van der Waals surface area contributed by atoms with Crippen LogP contribution in [0.15, 0.2) is 22.7 Å². The molecule has 1 saturated heterocycles. The molecular formula is C19H28BrN3O2. The fourth-order valence-corrected chi connectivity index (χ4v) is 4.17. The second-order valence-electron chi connectivity index (χ2n) is 7.27. The first-order valence-electron chi connectivity index (χ1n) is 9.16. The van der Waals surface area contributed by atoms with Gasteiger partial charge in [0.1, 0.15) is 12.4 Å². The van der Waals surface area contributed by atoms with Gasteiger partial charge in [0.2, 0.25) is 6.41 Å². The zero-order valence-electron chi connectivity index (χ0n) is 15.1. The van der Waals surface area contributed by atoms with Gasteiger partial charge < -0.3 is 15.0 Å². The van der Waals surface area contributed by atoms with Gasteiger partial charge in [0.05, 0.1) is 0 Å². The summed E-state index contributed by atoms with van der Waals surface area (Å²) >= 11 is 3.53. The third kappa shape index (κ3) is 4.74. The van der Waals surface area contributed by atoms with Crippen molar-refractivity contribution in [3.63, 3.8) is 0 Å². The summed E-state index contributed by atoms with van der Waals surface area (Å²) in [5.41, 5.74) is 1.27. The second-order valence-corrected chi connectivity index (χ2v) is 8.18. The van der Waals surface area contributed by atoms with Crippen molar-refractivity contribution in [2.45, 2.75) is 44.8 Å². The molecule has 0 bridgehead atoms. The predicted molar refractivity (Wildman–Crippen MR) is 103 cm³/mol. The minimum atomic E-state index is 0.309. The molecule has 6 heteroatoms. The molecule has 0 aliphatic carbocycles. The van der Waals surface area contributed by atoms with E-state index in [9.17, 15) is 4.79 Å². The maximum atomic E-state index is 11.0. The Morgan fingerprint density at radius 2 is 2.16 bits per heavy atom. The fourth-order valence-electron chi connectivity index (χ4n) is 3.77. The van der Waals surface area contributed by atoms with E-state index >= 15 is 0 Å². The zero-order valence-corrected chi connectivity index (χ0v) is 16.7. The van der Waals surface area contributed by atoms with Crippen LogP contribution in [0.25, 0.3) is 0 Å². The van der Waals surface area contributed by atoms with Crippen LogP contribution in [0.3, 0.4) is 0 Å². The Morgan fingerprint density at radius 3 is 2.96 bits per heavy atom. The largest absolute Gasteiger partial charge is 0.492 e. The number of ether oxygens (including phenoxy) is 1. The van der Waals surface area contributed by atoms with Crippen LogP contribution in [0.2, 0.25) is 0 Å². The van der Waals surface area contributed by atoms with Gasteiger partial charge in [-0.15, -0.1) is 0 Å². The van der Waals surface area contributed by atoms with Crippen molar-refractivity contribution in [1.82, 2.24) is 15.1 Å². The van der Waals surface area contributed by atoms with Gasteiger partial charge in [-0.25, -0.2) is 0 Å². The standard InChI is InChI=1S/C19H28BrN3O2/c1-14-11-23(13-24)15(2)10-22(14)7-3-6-21-18-9-16-8-17(20)4-5-19(16)25-12-18/h4-5,8,13-15,18,21H,3,6-7,9-12H2,1-2H3/t14-,15+,18?/m1/s1. The van der Waals surface area contributed by atoms with Crippen molar-refractivity contribution in [3.8, 4) is 5.75 Å². The summed E-state index contributed by atoms with van der Waals surface area (Å²) in [5.74, 6) is 1.01. The fraction of sp³-hybridized carbons (Fsp3) is 0.632. The maximum absolute atomic E-state index is 11.0. The Morgan fingerprint density at radius 1 is 1.32 bits per heavy atom. The van der Waals surface area contributed by atoms with Crippen LogP contribution in [0.4, 0.5) is 0 Å². The number of nitrogens with one attached hydrogen (secondary N) is 1.